The van der Waals surface area contributed by atoms with Crippen molar-refractivity contribution in [2.45, 2.75) is 39.0 Å². The molecule has 3 aromatic rings. The molecular formula is C22H24N2O4S. The number of amides is 1. The summed E-state index contributed by atoms with van der Waals surface area (Å²) in [5.74, 6) is -0.0691. The van der Waals surface area contributed by atoms with E-state index in [4.69, 9.17) is 4.42 Å². The molecule has 2 aromatic carbocycles. The van der Waals surface area contributed by atoms with E-state index in [1.54, 1.807) is 30.5 Å². The lowest BCUT2D eigenvalue weighted by molar-refractivity contribution is -0.115. The minimum Gasteiger partial charge on any atom is -0.464 e. The van der Waals surface area contributed by atoms with Crippen LogP contribution in [0.15, 0.2) is 47.1 Å². The minimum atomic E-state index is -3.33. The monoisotopic (exact) mass is 412 g/mol. The number of carbonyl (C=O) groups excluding carboxylic acids is 1. The van der Waals surface area contributed by atoms with Gasteiger partial charge < -0.3 is 9.73 Å². The summed E-state index contributed by atoms with van der Waals surface area (Å²) in [7, 11) is -3.33. The predicted molar refractivity (Wildman–Crippen MR) is 115 cm³/mol. The lowest BCUT2D eigenvalue weighted by Gasteiger charge is -2.09. The lowest BCUT2D eigenvalue weighted by Crippen LogP contribution is -2.16. The maximum atomic E-state index is 12.5. The molecule has 0 aliphatic heterocycles. The number of fused-ring (bicyclic) bond motifs is 2. The number of aryl methyl sites for hydroxylation is 2. The van der Waals surface area contributed by atoms with E-state index in [0.29, 0.717) is 17.8 Å². The second kappa shape index (κ2) is 7.91. The second-order valence-corrected chi connectivity index (χ2v) is 9.30. The summed E-state index contributed by atoms with van der Waals surface area (Å²) >= 11 is 0. The summed E-state index contributed by atoms with van der Waals surface area (Å²) in [5, 5.41) is 3.86. The molecule has 1 aliphatic rings. The Morgan fingerprint density at radius 3 is 2.48 bits per heavy atom. The zero-order valence-electron chi connectivity index (χ0n) is 16.3. The van der Waals surface area contributed by atoms with Crippen molar-refractivity contribution in [3.8, 4) is 0 Å². The first-order chi connectivity index (χ1) is 13.9. The highest BCUT2D eigenvalue weighted by molar-refractivity contribution is 7.92. The Morgan fingerprint density at radius 1 is 1.07 bits per heavy atom. The van der Waals surface area contributed by atoms with E-state index in [1.807, 2.05) is 6.92 Å². The fourth-order valence-electron chi connectivity index (χ4n) is 3.78. The molecule has 1 aliphatic carbocycles. The van der Waals surface area contributed by atoms with Crippen molar-refractivity contribution in [1.82, 2.24) is 0 Å². The highest BCUT2D eigenvalue weighted by Crippen LogP contribution is 2.30. The summed E-state index contributed by atoms with van der Waals surface area (Å²) in [6.45, 7) is 1.81. The fraction of sp³-hybridized carbons (Fsp3) is 0.318. The molecule has 0 fully saturated rings. The van der Waals surface area contributed by atoms with Crippen LogP contribution >= 0.6 is 0 Å². The van der Waals surface area contributed by atoms with Crippen LogP contribution in [0.1, 0.15) is 36.5 Å². The van der Waals surface area contributed by atoms with Crippen molar-refractivity contribution in [2.75, 3.05) is 15.8 Å². The van der Waals surface area contributed by atoms with Crippen molar-refractivity contribution >= 4 is 38.3 Å². The van der Waals surface area contributed by atoms with Gasteiger partial charge in [0.2, 0.25) is 15.9 Å². The van der Waals surface area contributed by atoms with Gasteiger partial charge >= 0.3 is 0 Å². The van der Waals surface area contributed by atoms with Gasteiger partial charge in [0.1, 0.15) is 5.58 Å². The number of hydrogen-bond acceptors (Lipinski definition) is 4. The molecule has 4 rings (SSSR count). The summed E-state index contributed by atoms with van der Waals surface area (Å²) in [6, 6.07) is 10.9. The number of benzene rings is 2. The number of carbonyl (C=O) groups is 1. The number of furan rings is 1. The first-order valence-corrected chi connectivity index (χ1v) is 11.5. The molecule has 1 amide bonds. The second-order valence-electron chi connectivity index (χ2n) is 7.45. The highest BCUT2D eigenvalue weighted by Gasteiger charge is 2.17. The van der Waals surface area contributed by atoms with Crippen LogP contribution in [0.4, 0.5) is 11.4 Å². The number of nitrogens with one attached hydrogen (secondary N) is 2. The Hall–Kier alpha value is -2.80. The number of hydrogen-bond donors (Lipinski definition) is 2. The smallest absolute Gasteiger partial charge is 0.232 e. The van der Waals surface area contributed by atoms with Gasteiger partial charge in [-0.15, -0.1) is 0 Å². The Kier molecular flexibility index (Phi) is 5.32. The molecule has 1 aromatic heterocycles. The molecule has 0 saturated heterocycles. The molecule has 7 heteroatoms. The van der Waals surface area contributed by atoms with Crippen LogP contribution in [0, 0.1) is 0 Å². The van der Waals surface area contributed by atoms with Crippen LogP contribution in [-0.4, -0.2) is 20.1 Å². The first kappa shape index (κ1) is 19.5. The zero-order valence-corrected chi connectivity index (χ0v) is 17.1. The van der Waals surface area contributed by atoms with Gasteiger partial charge in [-0.1, -0.05) is 6.92 Å². The van der Waals surface area contributed by atoms with Gasteiger partial charge in [-0.2, -0.15) is 0 Å². The van der Waals surface area contributed by atoms with Gasteiger partial charge in [-0.05, 0) is 73.2 Å². The summed E-state index contributed by atoms with van der Waals surface area (Å²) in [5.41, 5.74) is 5.49. The highest BCUT2D eigenvalue weighted by atomic mass is 32.2. The quantitative estimate of drug-likeness (QED) is 0.607. The summed E-state index contributed by atoms with van der Waals surface area (Å²) < 4.78 is 31.8. The largest absolute Gasteiger partial charge is 0.464 e. The molecule has 152 valence electrons. The molecule has 0 saturated carbocycles. The van der Waals surface area contributed by atoms with E-state index in [2.05, 4.69) is 22.2 Å². The SMILES string of the molecule is CCCS(=O)(=O)Nc1ccc(NC(=O)Cc2coc3cc4c(cc23)CCC4)cc1. The lowest BCUT2D eigenvalue weighted by atomic mass is 10.0. The third-order valence-electron chi connectivity index (χ3n) is 5.13. The normalized spacial score (nSPS) is 13.4. The van der Waals surface area contributed by atoms with E-state index in [-0.39, 0.29) is 18.1 Å². The Balaban J connectivity index is 1.42. The molecule has 0 spiro atoms. The standard InChI is InChI=1S/C22H24N2O4S/c1-2-10-29(26,27)24-19-8-6-18(7-9-19)23-22(25)13-17-14-28-21-12-16-5-3-4-15(16)11-20(17)21/h6-9,11-12,14,24H,2-5,10,13H2,1H3,(H,23,25). The van der Waals surface area contributed by atoms with E-state index in [9.17, 15) is 13.2 Å². The first-order valence-electron chi connectivity index (χ1n) is 9.86. The molecule has 0 atom stereocenters. The summed E-state index contributed by atoms with van der Waals surface area (Å²) in [6.07, 6.45) is 5.77. The van der Waals surface area contributed by atoms with E-state index in [1.165, 1.54) is 17.5 Å². The number of anilines is 2. The Bertz CT molecular complexity index is 1150. The van der Waals surface area contributed by atoms with Crippen molar-refractivity contribution < 1.29 is 17.6 Å². The number of rotatable bonds is 7. The van der Waals surface area contributed by atoms with Crippen LogP contribution in [0.2, 0.25) is 0 Å². The van der Waals surface area contributed by atoms with Crippen LogP contribution in [-0.2, 0) is 34.1 Å². The van der Waals surface area contributed by atoms with E-state index in [0.717, 1.165) is 29.4 Å². The third-order valence-corrected chi connectivity index (χ3v) is 6.63. The molecule has 0 unspecified atom stereocenters. The topological polar surface area (TPSA) is 88.4 Å². The van der Waals surface area contributed by atoms with Gasteiger partial charge in [0.05, 0.1) is 18.4 Å². The fourth-order valence-corrected chi connectivity index (χ4v) is 4.92. The predicted octanol–water partition coefficient (Wildman–Crippen LogP) is 4.25. The van der Waals surface area contributed by atoms with Gasteiger partial charge in [0.15, 0.2) is 0 Å². The average Bonchev–Trinajstić information content (AvgIpc) is 3.28. The molecule has 1 heterocycles. The van der Waals surface area contributed by atoms with Crippen molar-refractivity contribution in [2.24, 2.45) is 0 Å². The van der Waals surface area contributed by atoms with Crippen molar-refractivity contribution in [3.05, 3.63) is 59.4 Å². The molecular weight excluding hydrogens is 388 g/mol. The summed E-state index contributed by atoms with van der Waals surface area (Å²) in [4.78, 5) is 12.5. The van der Waals surface area contributed by atoms with E-state index < -0.39 is 10.0 Å². The Morgan fingerprint density at radius 2 is 1.76 bits per heavy atom. The van der Waals surface area contributed by atoms with Crippen LogP contribution in [0.3, 0.4) is 0 Å². The van der Waals surface area contributed by atoms with Gasteiger partial charge in [0.25, 0.3) is 0 Å². The minimum absolute atomic E-state index is 0.0767. The van der Waals surface area contributed by atoms with Gasteiger partial charge in [-0.3, -0.25) is 9.52 Å². The maximum absolute atomic E-state index is 12.5. The van der Waals surface area contributed by atoms with Crippen LogP contribution in [0.5, 0.6) is 0 Å². The zero-order chi connectivity index (χ0) is 20.4. The maximum Gasteiger partial charge on any atom is 0.232 e. The third kappa shape index (κ3) is 4.45. The Labute approximate surface area is 170 Å². The van der Waals surface area contributed by atoms with Crippen LogP contribution in [0.25, 0.3) is 11.0 Å². The molecule has 0 bridgehead atoms. The molecule has 6 nitrogen and oxygen atoms in total. The number of sulfonamides is 1. The van der Waals surface area contributed by atoms with Crippen molar-refractivity contribution in [1.29, 1.82) is 0 Å². The molecule has 0 radical (unpaired) electrons. The van der Waals surface area contributed by atoms with Crippen LogP contribution < -0.4 is 10.0 Å². The average molecular weight is 413 g/mol. The van der Waals surface area contributed by atoms with Gasteiger partial charge in [-0.25, -0.2) is 8.42 Å². The molecule has 29 heavy (non-hydrogen) atoms. The molecule has 2 N–H and O–H groups in total. The van der Waals surface area contributed by atoms with Gasteiger partial charge in [0, 0.05) is 22.3 Å². The van der Waals surface area contributed by atoms with E-state index >= 15 is 0 Å². The van der Waals surface area contributed by atoms with Crippen molar-refractivity contribution in [3.63, 3.8) is 0 Å².